The number of rotatable bonds is 3. The Hall–Kier alpha value is -2.14. The number of carbonyl (C=O) groups excluding carboxylic acids is 1. The number of halogens is 2. The predicted molar refractivity (Wildman–Crippen MR) is 71.3 cm³/mol. The van der Waals surface area contributed by atoms with E-state index in [1.54, 1.807) is 12.1 Å². The molecule has 1 N–H and O–H groups in total. The van der Waals surface area contributed by atoms with E-state index in [4.69, 9.17) is 11.6 Å². The highest BCUT2D eigenvalue weighted by molar-refractivity contribution is 6.29. The minimum atomic E-state index is -0.633. The Morgan fingerprint density at radius 3 is 2.74 bits per heavy atom. The second-order valence-electron chi connectivity index (χ2n) is 3.75. The molecule has 1 amide bonds. The van der Waals surface area contributed by atoms with Gasteiger partial charge in [-0.3, -0.25) is 14.2 Å². The van der Waals surface area contributed by atoms with Crippen LogP contribution >= 0.6 is 11.6 Å². The number of benzene rings is 1. The van der Waals surface area contributed by atoms with Crippen LogP contribution in [0.15, 0.2) is 47.4 Å². The summed E-state index contributed by atoms with van der Waals surface area (Å²) in [4.78, 5) is 22.7. The van der Waals surface area contributed by atoms with E-state index >= 15 is 0 Å². The Balaban J connectivity index is 2.37. The maximum atomic E-state index is 13.8. The average molecular weight is 281 g/mol. The fourth-order valence-corrected chi connectivity index (χ4v) is 1.65. The Kier molecular flexibility index (Phi) is 3.97. The summed E-state index contributed by atoms with van der Waals surface area (Å²) in [6.45, 7) is 0. The summed E-state index contributed by atoms with van der Waals surface area (Å²) in [7, 11) is 0. The van der Waals surface area contributed by atoms with Crippen molar-refractivity contribution in [3.05, 3.63) is 58.8 Å². The zero-order valence-electron chi connectivity index (χ0n) is 9.77. The quantitative estimate of drug-likeness (QED) is 0.876. The lowest BCUT2D eigenvalue weighted by atomic mass is 10.2. The van der Waals surface area contributed by atoms with Crippen LogP contribution in [-0.2, 0) is 4.79 Å². The number of aromatic nitrogens is 1. The number of nitrogens with one attached hydrogen (secondary N) is 1. The Bertz CT molecular complexity index is 670. The van der Waals surface area contributed by atoms with Crippen molar-refractivity contribution in [1.82, 2.24) is 4.57 Å². The molecule has 0 spiro atoms. The summed E-state index contributed by atoms with van der Waals surface area (Å²) < 4.78 is 15.1. The van der Waals surface area contributed by atoms with E-state index in [9.17, 15) is 14.0 Å². The topological polar surface area (TPSA) is 51.1 Å². The van der Waals surface area contributed by atoms with E-state index in [-0.39, 0.29) is 17.1 Å². The van der Waals surface area contributed by atoms with Crippen LogP contribution in [-0.4, -0.2) is 16.4 Å². The summed E-state index contributed by atoms with van der Waals surface area (Å²) in [5.74, 6) is -1.38. The van der Waals surface area contributed by atoms with E-state index in [1.807, 2.05) is 0 Å². The van der Waals surface area contributed by atoms with E-state index < -0.39 is 11.7 Å². The number of anilines is 1. The maximum Gasteiger partial charge on any atom is 0.255 e. The van der Waals surface area contributed by atoms with Gasteiger partial charge in [0.05, 0.1) is 11.4 Å². The van der Waals surface area contributed by atoms with Crippen molar-refractivity contribution < 1.29 is 9.18 Å². The van der Waals surface area contributed by atoms with Crippen LogP contribution in [0.25, 0.3) is 5.69 Å². The van der Waals surface area contributed by atoms with Crippen molar-refractivity contribution >= 4 is 23.2 Å². The van der Waals surface area contributed by atoms with Gasteiger partial charge in [0, 0.05) is 18.3 Å². The number of alkyl halides is 1. The second-order valence-corrected chi connectivity index (χ2v) is 4.02. The minimum Gasteiger partial charge on any atom is -0.323 e. The summed E-state index contributed by atoms with van der Waals surface area (Å²) >= 11 is 5.32. The van der Waals surface area contributed by atoms with Crippen LogP contribution in [0.1, 0.15) is 0 Å². The largest absolute Gasteiger partial charge is 0.323 e. The van der Waals surface area contributed by atoms with Crippen molar-refractivity contribution in [1.29, 1.82) is 0 Å². The summed E-state index contributed by atoms with van der Waals surface area (Å²) in [5, 5.41) is 2.32. The highest BCUT2D eigenvalue weighted by atomic mass is 35.5. The summed E-state index contributed by atoms with van der Waals surface area (Å²) in [6.07, 6.45) is 1.54. The van der Waals surface area contributed by atoms with E-state index in [1.165, 1.54) is 35.0 Å². The molecule has 6 heteroatoms. The van der Waals surface area contributed by atoms with Crippen molar-refractivity contribution in [3.63, 3.8) is 0 Å². The molecule has 19 heavy (non-hydrogen) atoms. The van der Waals surface area contributed by atoms with Crippen LogP contribution in [0.4, 0.5) is 10.1 Å². The minimum absolute atomic E-state index is 0.0263. The molecular formula is C13H10ClFN2O2. The third-order valence-electron chi connectivity index (χ3n) is 2.45. The van der Waals surface area contributed by atoms with Crippen molar-refractivity contribution in [3.8, 4) is 5.69 Å². The third kappa shape index (κ3) is 3.00. The van der Waals surface area contributed by atoms with Gasteiger partial charge in [-0.25, -0.2) is 4.39 Å². The molecule has 4 nitrogen and oxygen atoms in total. The molecule has 2 aromatic rings. The SMILES string of the molecule is O=C(CCl)Nc1ccc(-n2ccccc2=O)cc1F. The van der Waals surface area contributed by atoms with Gasteiger partial charge in [-0.2, -0.15) is 0 Å². The Morgan fingerprint density at radius 1 is 1.32 bits per heavy atom. The number of pyridine rings is 1. The number of amides is 1. The van der Waals surface area contributed by atoms with Crippen LogP contribution in [0.2, 0.25) is 0 Å². The molecule has 1 aromatic heterocycles. The third-order valence-corrected chi connectivity index (χ3v) is 2.69. The van der Waals surface area contributed by atoms with Crippen LogP contribution in [0, 0.1) is 5.82 Å². The molecule has 0 aliphatic rings. The first kappa shape index (κ1) is 13.3. The summed E-state index contributed by atoms with van der Waals surface area (Å²) in [6, 6.07) is 8.74. The molecule has 0 aliphatic carbocycles. The first-order chi connectivity index (χ1) is 9.11. The molecule has 0 saturated carbocycles. The maximum absolute atomic E-state index is 13.8. The Morgan fingerprint density at radius 2 is 2.11 bits per heavy atom. The van der Waals surface area contributed by atoms with Crippen molar-refractivity contribution in [2.45, 2.75) is 0 Å². The molecule has 0 saturated heterocycles. The molecule has 98 valence electrons. The monoisotopic (exact) mass is 280 g/mol. The van der Waals surface area contributed by atoms with Gasteiger partial charge in [0.15, 0.2) is 0 Å². The molecule has 2 rings (SSSR count). The predicted octanol–water partition coefficient (Wildman–Crippen LogP) is 2.15. The lowest BCUT2D eigenvalue weighted by molar-refractivity contribution is -0.113. The highest BCUT2D eigenvalue weighted by Crippen LogP contribution is 2.17. The highest BCUT2D eigenvalue weighted by Gasteiger charge is 2.08. The molecule has 0 aliphatic heterocycles. The van der Waals surface area contributed by atoms with Crippen LogP contribution in [0.5, 0.6) is 0 Å². The lowest BCUT2D eigenvalue weighted by Crippen LogP contribution is -2.17. The number of nitrogens with zero attached hydrogens (tertiary/aromatic N) is 1. The van der Waals surface area contributed by atoms with Gasteiger partial charge >= 0.3 is 0 Å². The van der Waals surface area contributed by atoms with Crippen LogP contribution in [0.3, 0.4) is 0 Å². The van der Waals surface area contributed by atoms with Gasteiger partial charge in [0.1, 0.15) is 11.7 Å². The molecule has 0 unspecified atom stereocenters. The van der Waals surface area contributed by atoms with Crippen molar-refractivity contribution in [2.75, 3.05) is 11.2 Å². The zero-order valence-corrected chi connectivity index (χ0v) is 10.5. The Labute approximate surface area is 113 Å². The van der Waals surface area contributed by atoms with E-state index in [0.717, 1.165) is 0 Å². The zero-order chi connectivity index (χ0) is 13.8. The van der Waals surface area contributed by atoms with Gasteiger partial charge in [-0.1, -0.05) is 6.07 Å². The average Bonchev–Trinajstić information content (AvgIpc) is 2.41. The van der Waals surface area contributed by atoms with Crippen LogP contribution < -0.4 is 10.9 Å². The number of hydrogen-bond donors (Lipinski definition) is 1. The number of carbonyl (C=O) groups is 1. The van der Waals surface area contributed by atoms with Gasteiger partial charge in [-0.15, -0.1) is 11.6 Å². The number of hydrogen-bond acceptors (Lipinski definition) is 2. The van der Waals surface area contributed by atoms with Gasteiger partial charge in [0.2, 0.25) is 5.91 Å². The molecule has 0 fully saturated rings. The first-order valence-electron chi connectivity index (χ1n) is 5.45. The van der Waals surface area contributed by atoms with E-state index in [2.05, 4.69) is 5.32 Å². The standard InChI is InChI=1S/C13H10ClFN2O2/c14-8-12(18)16-11-5-4-9(7-10(11)15)17-6-2-1-3-13(17)19/h1-7H,8H2,(H,16,18). The molecule has 0 bridgehead atoms. The second kappa shape index (κ2) is 5.67. The first-order valence-corrected chi connectivity index (χ1v) is 5.98. The normalized spacial score (nSPS) is 10.2. The van der Waals surface area contributed by atoms with Gasteiger partial charge in [-0.05, 0) is 18.2 Å². The lowest BCUT2D eigenvalue weighted by Gasteiger charge is -2.08. The summed E-state index contributed by atoms with van der Waals surface area (Å²) in [5.41, 5.74) is 0.143. The van der Waals surface area contributed by atoms with E-state index in [0.29, 0.717) is 5.69 Å². The molecule has 0 atom stereocenters. The smallest absolute Gasteiger partial charge is 0.255 e. The van der Waals surface area contributed by atoms with Crippen molar-refractivity contribution in [2.24, 2.45) is 0 Å². The molecule has 1 aromatic carbocycles. The van der Waals surface area contributed by atoms with Gasteiger partial charge < -0.3 is 5.32 Å². The van der Waals surface area contributed by atoms with Gasteiger partial charge in [0.25, 0.3) is 5.56 Å². The fraction of sp³-hybridized carbons (Fsp3) is 0.0769. The molecular weight excluding hydrogens is 271 g/mol. The molecule has 0 radical (unpaired) electrons. The molecule has 1 heterocycles. The fourth-order valence-electron chi connectivity index (χ4n) is 1.58.